The molecule has 1 aliphatic heterocycles. The van der Waals surface area contributed by atoms with Crippen LogP contribution < -0.4 is 5.32 Å². The highest BCUT2D eigenvalue weighted by atomic mass is 79.9. The summed E-state index contributed by atoms with van der Waals surface area (Å²) in [5, 5.41) is 3.86. The van der Waals surface area contributed by atoms with E-state index in [9.17, 15) is 0 Å². The van der Waals surface area contributed by atoms with Crippen molar-refractivity contribution in [1.82, 2.24) is 10.2 Å². The monoisotopic (exact) mass is 334 g/mol. The molecule has 1 heterocycles. The fourth-order valence-corrected chi connectivity index (χ4v) is 4.33. The molecule has 0 amide bonds. The number of halogens is 1. The largest absolute Gasteiger partial charge is 0.295 e. The number of likely N-dealkylation sites (tertiary alicyclic amines) is 1. The minimum Gasteiger partial charge on any atom is -0.295 e. The molecule has 0 radical (unpaired) electrons. The smallest absolute Gasteiger partial charge is 0.0721 e. The molecular formula is C17H23BrN2. The molecule has 3 heteroatoms. The van der Waals surface area contributed by atoms with Gasteiger partial charge in [-0.15, -0.1) is 6.58 Å². The van der Waals surface area contributed by atoms with E-state index in [0.717, 1.165) is 23.5 Å². The SMILES string of the molecule is C=CCN1CC2CCCC1(NCc1cccc(Br)c1)C2. The van der Waals surface area contributed by atoms with E-state index < -0.39 is 0 Å². The Morgan fingerprint density at radius 3 is 3.20 bits per heavy atom. The molecule has 2 fully saturated rings. The first-order valence-corrected chi connectivity index (χ1v) is 8.36. The predicted molar refractivity (Wildman–Crippen MR) is 87.4 cm³/mol. The summed E-state index contributed by atoms with van der Waals surface area (Å²) in [7, 11) is 0. The third kappa shape index (κ3) is 2.85. The summed E-state index contributed by atoms with van der Waals surface area (Å²) in [6, 6.07) is 8.59. The van der Waals surface area contributed by atoms with Crippen LogP contribution in [0.3, 0.4) is 0 Å². The van der Waals surface area contributed by atoms with Crippen LogP contribution in [-0.4, -0.2) is 23.7 Å². The van der Waals surface area contributed by atoms with Crippen LogP contribution in [0.5, 0.6) is 0 Å². The normalized spacial score (nSPS) is 29.6. The van der Waals surface area contributed by atoms with Gasteiger partial charge in [0, 0.05) is 24.1 Å². The van der Waals surface area contributed by atoms with Gasteiger partial charge >= 0.3 is 0 Å². The molecule has 2 nitrogen and oxygen atoms in total. The highest BCUT2D eigenvalue weighted by Gasteiger charge is 2.46. The van der Waals surface area contributed by atoms with E-state index in [1.54, 1.807) is 0 Å². The molecule has 1 aliphatic carbocycles. The number of nitrogens with one attached hydrogen (secondary N) is 1. The lowest BCUT2D eigenvalue weighted by Crippen LogP contribution is -2.55. The fraction of sp³-hybridized carbons (Fsp3) is 0.529. The van der Waals surface area contributed by atoms with Gasteiger partial charge < -0.3 is 0 Å². The van der Waals surface area contributed by atoms with Crippen molar-refractivity contribution in [3.8, 4) is 0 Å². The Bertz CT molecular complexity index is 488. The second-order valence-corrected chi connectivity index (χ2v) is 7.09. The van der Waals surface area contributed by atoms with Gasteiger partial charge in [0.1, 0.15) is 0 Å². The van der Waals surface area contributed by atoms with Crippen molar-refractivity contribution < 1.29 is 0 Å². The van der Waals surface area contributed by atoms with Gasteiger partial charge in [0.05, 0.1) is 5.66 Å². The third-order valence-corrected chi connectivity index (χ3v) is 5.27. The first-order valence-electron chi connectivity index (χ1n) is 7.57. The highest BCUT2D eigenvalue weighted by molar-refractivity contribution is 9.10. The molecule has 3 rings (SSSR count). The number of hydrogen-bond donors (Lipinski definition) is 1. The lowest BCUT2D eigenvalue weighted by atomic mass is 9.85. The van der Waals surface area contributed by atoms with Crippen molar-refractivity contribution in [2.45, 2.75) is 37.9 Å². The Balaban J connectivity index is 1.71. The molecule has 0 aromatic heterocycles. The van der Waals surface area contributed by atoms with Gasteiger partial charge in [0.15, 0.2) is 0 Å². The van der Waals surface area contributed by atoms with Gasteiger partial charge in [-0.3, -0.25) is 10.2 Å². The van der Waals surface area contributed by atoms with E-state index in [-0.39, 0.29) is 5.66 Å². The Hall–Kier alpha value is -0.640. The van der Waals surface area contributed by atoms with Crippen LogP contribution in [-0.2, 0) is 6.54 Å². The summed E-state index contributed by atoms with van der Waals surface area (Å²) in [4.78, 5) is 2.61. The molecule has 1 aromatic rings. The number of benzene rings is 1. The highest BCUT2D eigenvalue weighted by Crippen LogP contribution is 2.42. The third-order valence-electron chi connectivity index (χ3n) is 4.77. The van der Waals surface area contributed by atoms with Crippen molar-refractivity contribution in [1.29, 1.82) is 0 Å². The number of rotatable bonds is 5. The van der Waals surface area contributed by atoms with E-state index in [1.807, 2.05) is 6.08 Å². The van der Waals surface area contributed by atoms with Crippen LogP contribution in [0.2, 0.25) is 0 Å². The second kappa shape index (κ2) is 6.00. The number of fused-ring (bicyclic) bond motifs is 2. The minimum atomic E-state index is 0.208. The van der Waals surface area contributed by atoms with Gasteiger partial charge in [-0.2, -0.15) is 0 Å². The topological polar surface area (TPSA) is 15.3 Å². The maximum atomic E-state index is 3.92. The Morgan fingerprint density at radius 1 is 1.50 bits per heavy atom. The summed E-state index contributed by atoms with van der Waals surface area (Å²) < 4.78 is 1.16. The molecule has 2 bridgehead atoms. The van der Waals surface area contributed by atoms with Gasteiger partial charge in [-0.25, -0.2) is 0 Å². The molecular weight excluding hydrogens is 312 g/mol. The first kappa shape index (κ1) is 14.3. The average Bonchev–Trinajstić information content (AvgIpc) is 2.68. The molecule has 108 valence electrons. The van der Waals surface area contributed by atoms with E-state index in [1.165, 1.54) is 37.8 Å². The zero-order valence-electron chi connectivity index (χ0n) is 11.9. The van der Waals surface area contributed by atoms with Crippen molar-refractivity contribution in [3.05, 3.63) is 47.0 Å². The Morgan fingerprint density at radius 2 is 2.40 bits per heavy atom. The predicted octanol–water partition coefficient (Wildman–Crippen LogP) is 3.93. The summed E-state index contributed by atoms with van der Waals surface area (Å²) in [5.41, 5.74) is 1.56. The summed E-state index contributed by atoms with van der Waals surface area (Å²) >= 11 is 3.55. The van der Waals surface area contributed by atoms with Crippen LogP contribution in [0, 0.1) is 5.92 Å². The fourth-order valence-electron chi connectivity index (χ4n) is 3.89. The Labute approximate surface area is 130 Å². The van der Waals surface area contributed by atoms with Crippen LogP contribution in [0.1, 0.15) is 31.2 Å². The average molecular weight is 335 g/mol. The second-order valence-electron chi connectivity index (χ2n) is 6.17. The quantitative estimate of drug-likeness (QED) is 0.821. The molecule has 1 N–H and O–H groups in total. The van der Waals surface area contributed by atoms with Crippen molar-refractivity contribution in [3.63, 3.8) is 0 Å². The van der Waals surface area contributed by atoms with Gasteiger partial charge in [-0.05, 0) is 49.3 Å². The van der Waals surface area contributed by atoms with E-state index in [4.69, 9.17) is 0 Å². The van der Waals surface area contributed by atoms with Crippen LogP contribution in [0.4, 0.5) is 0 Å². The van der Waals surface area contributed by atoms with E-state index in [2.05, 4.69) is 57.0 Å². The van der Waals surface area contributed by atoms with Gasteiger partial charge in [-0.1, -0.05) is 34.1 Å². The molecule has 1 aromatic carbocycles. The van der Waals surface area contributed by atoms with Gasteiger partial charge in [0.25, 0.3) is 0 Å². The zero-order valence-corrected chi connectivity index (χ0v) is 13.5. The minimum absolute atomic E-state index is 0.208. The lowest BCUT2D eigenvalue weighted by Gasteiger charge is -2.40. The Kier molecular flexibility index (Phi) is 4.29. The first-order chi connectivity index (χ1) is 9.72. The molecule has 20 heavy (non-hydrogen) atoms. The molecule has 0 spiro atoms. The standard InChI is InChI=1S/C17H23BrN2/c1-2-9-20-13-15-6-4-8-17(20,11-15)19-12-14-5-3-7-16(18)10-14/h2-3,5,7,10,15,19H,1,4,6,8-9,11-13H2. The van der Waals surface area contributed by atoms with Crippen LogP contribution in [0.15, 0.2) is 41.4 Å². The maximum absolute atomic E-state index is 3.92. The molecule has 2 aliphatic rings. The lowest BCUT2D eigenvalue weighted by molar-refractivity contribution is 0.0932. The van der Waals surface area contributed by atoms with Crippen molar-refractivity contribution in [2.75, 3.05) is 13.1 Å². The molecule has 2 unspecified atom stereocenters. The number of hydrogen-bond acceptors (Lipinski definition) is 2. The molecule has 2 atom stereocenters. The zero-order chi connectivity index (χ0) is 14.0. The van der Waals surface area contributed by atoms with Crippen molar-refractivity contribution >= 4 is 15.9 Å². The maximum Gasteiger partial charge on any atom is 0.0721 e. The summed E-state index contributed by atoms with van der Waals surface area (Å²) in [5.74, 6) is 0.874. The van der Waals surface area contributed by atoms with E-state index in [0.29, 0.717) is 0 Å². The van der Waals surface area contributed by atoms with Crippen molar-refractivity contribution in [2.24, 2.45) is 5.92 Å². The van der Waals surface area contributed by atoms with Crippen LogP contribution in [0.25, 0.3) is 0 Å². The molecule has 1 saturated heterocycles. The molecule has 1 saturated carbocycles. The van der Waals surface area contributed by atoms with E-state index >= 15 is 0 Å². The summed E-state index contributed by atoms with van der Waals surface area (Å²) in [6.45, 7) is 7.10. The number of nitrogens with zero attached hydrogens (tertiary/aromatic N) is 1. The van der Waals surface area contributed by atoms with Gasteiger partial charge in [0.2, 0.25) is 0 Å². The van der Waals surface area contributed by atoms with Crippen LogP contribution >= 0.6 is 15.9 Å². The summed E-state index contributed by atoms with van der Waals surface area (Å²) in [6.07, 6.45) is 7.36.